The summed E-state index contributed by atoms with van der Waals surface area (Å²) in [5, 5.41) is 2.65. The molecule has 3 rings (SSSR count). The van der Waals surface area contributed by atoms with E-state index in [0.29, 0.717) is 17.2 Å². The first-order valence-corrected chi connectivity index (χ1v) is 7.00. The van der Waals surface area contributed by atoms with E-state index in [9.17, 15) is 4.79 Å². The minimum Gasteiger partial charge on any atom is -0.437 e. The molecule has 0 fully saturated rings. The minimum atomic E-state index is -0.271. The maximum Gasteiger partial charge on any atom is 0.258 e. The molecule has 1 amide bonds. The first-order valence-electron chi connectivity index (χ1n) is 7.00. The Morgan fingerprint density at radius 2 is 2.04 bits per heavy atom. The fourth-order valence-electron chi connectivity index (χ4n) is 1.95. The Morgan fingerprint density at radius 1 is 1.13 bits per heavy atom. The monoisotopic (exact) mass is 306 g/mol. The van der Waals surface area contributed by atoms with Crippen LogP contribution in [-0.2, 0) is 0 Å². The molecule has 0 aliphatic heterocycles. The van der Waals surface area contributed by atoms with E-state index in [1.54, 1.807) is 42.7 Å². The van der Waals surface area contributed by atoms with Crippen molar-refractivity contribution in [2.75, 3.05) is 5.32 Å². The second-order valence-electron chi connectivity index (χ2n) is 4.83. The van der Waals surface area contributed by atoms with Gasteiger partial charge in [0.2, 0.25) is 11.8 Å². The highest BCUT2D eigenvalue weighted by Gasteiger charge is 2.09. The van der Waals surface area contributed by atoms with Crippen LogP contribution in [0.5, 0.6) is 11.6 Å². The lowest BCUT2D eigenvalue weighted by atomic mass is 10.1. The van der Waals surface area contributed by atoms with Gasteiger partial charge in [0, 0.05) is 24.0 Å². The summed E-state index contributed by atoms with van der Waals surface area (Å²) in [5.74, 6) is 0.792. The predicted molar refractivity (Wildman–Crippen MR) is 85.5 cm³/mol. The number of benzene rings is 1. The van der Waals surface area contributed by atoms with Gasteiger partial charge in [-0.1, -0.05) is 17.7 Å². The molecule has 0 unspecified atom stereocenters. The summed E-state index contributed by atoms with van der Waals surface area (Å²) in [5.41, 5.74) is 1.56. The summed E-state index contributed by atoms with van der Waals surface area (Å²) in [4.78, 5) is 24.3. The number of aromatic nitrogens is 3. The highest BCUT2D eigenvalue weighted by atomic mass is 16.5. The van der Waals surface area contributed by atoms with E-state index < -0.39 is 0 Å². The van der Waals surface area contributed by atoms with E-state index in [1.807, 2.05) is 19.1 Å². The number of nitrogens with zero attached hydrogens (tertiary/aromatic N) is 3. The number of anilines is 1. The van der Waals surface area contributed by atoms with Gasteiger partial charge in [0.1, 0.15) is 5.75 Å². The molecule has 6 heteroatoms. The van der Waals surface area contributed by atoms with Crippen molar-refractivity contribution >= 4 is 11.9 Å². The molecule has 0 bridgehead atoms. The smallest absolute Gasteiger partial charge is 0.258 e. The Hall–Kier alpha value is -3.28. The number of carbonyl (C=O) groups is 1. The lowest BCUT2D eigenvalue weighted by Crippen LogP contribution is -2.14. The molecule has 23 heavy (non-hydrogen) atoms. The molecule has 0 saturated heterocycles. The fourth-order valence-corrected chi connectivity index (χ4v) is 1.95. The van der Waals surface area contributed by atoms with Crippen molar-refractivity contribution in [2.45, 2.75) is 6.92 Å². The molecule has 1 aromatic carbocycles. The lowest BCUT2D eigenvalue weighted by Gasteiger charge is -2.07. The summed E-state index contributed by atoms with van der Waals surface area (Å²) in [6.45, 7) is 1.93. The van der Waals surface area contributed by atoms with E-state index >= 15 is 0 Å². The van der Waals surface area contributed by atoms with Crippen molar-refractivity contribution in [1.29, 1.82) is 0 Å². The SMILES string of the molecule is Cc1cccc(C(=O)Nc2nccc(Oc3cccnc3)n2)c1. The van der Waals surface area contributed by atoms with Crippen LogP contribution in [0.2, 0.25) is 0 Å². The molecule has 0 aliphatic rings. The van der Waals surface area contributed by atoms with Crippen LogP contribution in [0, 0.1) is 6.92 Å². The highest BCUT2D eigenvalue weighted by molar-refractivity contribution is 6.03. The first-order chi connectivity index (χ1) is 11.2. The third-order valence-corrected chi connectivity index (χ3v) is 2.99. The number of amides is 1. The van der Waals surface area contributed by atoms with E-state index in [4.69, 9.17) is 4.74 Å². The summed E-state index contributed by atoms with van der Waals surface area (Å²) >= 11 is 0. The fraction of sp³-hybridized carbons (Fsp3) is 0.0588. The largest absolute Gasteiger partial charge is 0.437 e. The van der Waals surface area contributed by atoms with Gasteiger partial charge in [-0.25, -0.2) is 4.98 Å². The van der Waals surface area contributed by atoms with Crippen molar-refractivity contribution in [3.8, 4) is 11.6 Å². The van der Waals surface area contributed by atoms with Gasteiger partial charge < -0.3 is 4.74 Å². The summed E-state index contributed by atoms with van der Waals surface area (Å²) in [6.07, 6.45) is 4.75. The van der Waals surface area contributed by atoms with Crippen molar-refractivity contribution in [1.82, 2.24) is 15.0 Å². The molecule has 2 aromatic heterocycles. The predicted octanol–water partition coefficient (Wildman–Crippen LogP) is 3.22. The quantitative estimate of drug-likeness (QED) is 0.800. The van der Waals surface area contributed by atoms with Gasteiger partial charge in [-0.05, 0) is 31.2 Å². The van der Waals surface area contributed by atoms with Gasteiger partial charge >= 0.3 is 0 Å². The summed E-state index contributed by atoms with van der Waals surface area (Å²) < 4.78 is 5.56. The summed E-state index contributed by atoms with van der Waals surface area (Å²) in [6, 6.07) is 12.4. The molecule has 0 atom stereocenters. The van der Waals surface area contributed by atoms with Gasteiger partial charge in [0.15, 0.2) is 0 Å². The standard InChI is InChI=1S/C17H14N4O2/c1-12-4-2-5-13(10-12)16(22)21-17-19-9-7-15(20-17)23-14-6-3-8-18-11-14/h2-11H,1H3,(H,19,20,21,22). The van der Waals surface area contributed by atoms with Crippen LogP contribution >= 0.6 is 0 Å². The molecular formula is C17H14N4O2. The normalized spacial score (nSPS) is 10.1. The zero-order chi connectivity index (χ0) is 16.1. The molecule has 114 valence electrons. The van der Waals surface area contributed by atoms with Gasteiger partial charge in [-0.3, -0.25) is 15.1 Å². The van der Waals surface area contributed by atoms with Gasteiger partial charge in [0.25, 0.3) is 5.91 Å². The number of hydrogen-bond acceptors (Lipinski definition) is 5. The molecule has 0 aliphatic carbocycles. The maximum atomic E-state index is 12.2. The van der Waals surface area contributed by atoms with Gasteiger partial charge in [-0.15, -0.1) is 0 Å². The third-order valence-electron chi connectivity index (χ3n) is 2.99. The minimum absolute atomic E-state index is 0.179. The Labute approximate surface area is 133 Å². The topological polar surface area (TPSA) is 77.0 Å². The van der Waals surface area contributed by atoms with Gasteiger partial charge in [-0.2, -0.15) is 4.98 Å². The molecule has 0 spiro atoms. The highest BCUT2D eigenvalue weighted by Crippen LogP contribution is 2.18. The van der Waals surface area contributed by atoms with Crippen molar-refractivity contribution < 1.29 is 9.53 Å². The van der Waals surface area contributed by atoms with Crippen LogP contribution in [0.4, 0.5) is 5.95 Å². The number of hydrogen-bond donors (Lipinski definition) is 1. The first kappa shape index (κ1) is 14.6. The van der Waals surface area contributed by atoms with Crippen molar-refractivity contribution in [3.05, 3.63) is 72.2 Å². The maximum absolute atomic E-state index is 12.2. The average Bonchev–Trinajstić information content (AvgIpc) is 2.56. The Morgan fingerprint density at radius 3 is 2.83 bits per heavy atom. The third kappa shape index (κ3) is 3.88. The molecule has 1 N–H and O–H groups in total. The lowest BCUT2D eigenvalue weighted by molar-refractivity contribution is 0.102. The molecule has 0 radical (unpaired) electrons. The Balaban J connectivity index is 1.74. The number of ether oxygens (including phenoxy) is 1. The van der Waals surface area contributed by atoms with E-state index in [0.717, 1.165) is 5.56 Å². The van der Waals surface area contributed by atoms with Crippen LogP contribution in [0.15, 0.2) is 61.1 Å². The van der Waals surface area contributed by atoms with E-state index in [2.05, 4.69) is 20.3 Å². The van der Waals surface area contributed by atoms with E-state index in [1.165, 1.54) is 6.20 Å². The molecule has 6 nitrogen and oxygen atoms in total. The number of carbonyl (C=O) groups excluding carboxylic acids is 1. The van der Waals surface area contributed by atoms with Crippen LogP contribution in [0.3, 0.4) is 0 Å². The van der Waals surface area contributed by atoms with Crippen LogP contribution in [0.25, 0.3) is 0 Å². The van der Waals surface area contributed by atoms with Crippen LogP contribution in [0.1, 0.15) is 15.9 Å². The average molecular weight is 306 g/mol. The van der Waals surface area contributed by atoms with Crippen molar-refractivity contribution in [2.24, 2.45) is 0 Å². The molecular weight excluding hydrogens is 292 g/mol. The second-order valence-corrected chi connectivity index (χ2v) is 4.83. The van der Waals surface area contributed by atoms with E-state index in [-0.39, 0.29) is 11.9 Å². The van der Waals surface area contributed by atoms with Gasteiger partial charge in [0.05, 0.1) is 6.20 Å². The molecule has 3 aromatic rings. The summed E-state index contributed by atoms with van der Waals surface area (Å²) in [7, 11) is 0. The number of rotatable bonds is 4. The Bertz CT molecular complexity index is 822. The van der Waals surface area contributed by atoms with Crippen LogP contribution in [-0.4, -0.2) is 20.9 Å². The zero-order valence-electron chi connectivity index (χ0n) is 12.4. The molecule has 2 heterocycles. The zero-order valence-corrected chi connectivity index (χ0v) is 12.4. The van der Waals surface area contributed by atoms with Crippen LogP contribution < -0.4 is 10.1 Å². The number of nitrogens with one attached hydrogen (secondary N) is 1. The number of aryl methyl sites for hydroxylation is 1. The van der Waals surface area contributed by atoms with Crippen molar-refractivity contribution in [3.63, 3.8) is 0 Å². The second kappa shape index (κ2) is 6.65. The molecule has 0 saturated carbocycles. The number of pyridine rings is 1. The Kier molecular flexibility index (Phi) is 4.24.